The van der Waals surface area contributed by atoms with E-state index in [0.29, 0.717) is 23.8 Å². The van der Waals surface area contributed by atoms with Crippen LogP contribution in [0.2, 0.25) is 0 Å². The maximum Gasteiger partial charge on any atom is 0.257 e. The number of aromatic nitrogens is 2. The van der Waals surface area contributed by atoms with Crippen LogP contribution in [0.1, 0.15) is 28.8 Å². The lowest BCUT2D eigenvalue weighted by Crippen LogP contribution is -2.28. The molecule has 27 heavy (non-hydrogen) atoms. The van der Waals surface area contributed by atoms with Gasteiger partial charge in [0.05, 0.1) is 19.2 Å². The number of hydrogen-bond acceptors (Lipinski definition) is 3. The molecule has 0 bridgehead atoms. The van der Waals surface area contributed by atoms with E-state index in [0.717, 1.165) is 29.7 Å². The van der Waals surface area contributed by atoms with Gasteiger partial charge in [0, 0.05) is 24.8 Å². The molecular formula is C22H23N3O2. The van der Waals surface area contributed by atoms with Crippen molar-refractivity contribution in [3.8, 4) is 17.0 Å². The first-order valence-electron chi connectivity index (χ1n) is 9.18. The third-order valence-corrected chi connectivity index (χ3v) is 4.94. The zero-order chi connectivity index (χ0) is 18.8. The van der Waals surface area contributed by atoms with Crippen molar-refractivity contribution in [1.82, 2.24) is 14.7 Å². The Labute approximate surface area is 159 Å². The molecule has 1 fully saturated rings. The molecule has 138 valence electrons. The average molecular weight is 361 g/mol. The highest BCUT2D eigenvalue weighted by atomic mass is 16.5. The lowest BCUT2D eigenvalue weighted by molar-refractivity contribution is 0.0785. The van der Waals surface area contributed by atoms with Gasteiger partial charge in [-0.25, -0.2) is 0 Å². The maximum absolute atomic E-state index is 13.1. The van der Waals surface area contributed by atoms with E-state index < -0.39 is 0 Å². The molecule has 4 rings (SSSR count). The summed E-state index contributed by atoms with van der Waals surface area (Å²) in [6.45, 7) is 0.623. The van der Waals surface area contributed by atoms with Crippen LogP contribution in [0.4, 0.5) is 0 Å². The second kappa shape index (κ2) is 7.27. The maximum atomic E-state index is 13.1. The molecule has 1 aliphatic carbocycles. The van der Waals surface area contributed by atoms with Crippen molar-refractivity contribution in [3.63, 3.8) is 0 Å². The number of rotatable bonds is 6. The van der Waals surface area contributed by atoms with Crippen molar-refractivity contribution < 1.29 is 9.53 Å². The molecule has 1 heterocycles. The van der Waals surface area contributed by atoms with E-state index in [4.69, 9.17) is 9.84 Å². The van der Waals surface area contributed by atoms with E-state index >= 15 is 0 Å². The van der Waals surface area contributed by atoms with E-state index in [-0.39, 0.29) is 5.91 Å². The Bertz CT molecular complexity index is 945. The molecule has 0 radical (unpaired) electrons. The fraction of sp³-hybridized carbons (Fsp3) is 0.273. The minimum absolute atomic E-state index is 0.0228. The Morgan fingerprint density at radius 2 is 1.96 bits per heavy atom. The van der Waals surface area contributed by atoms with Crippen LogP contribution in [0.25, 0.3) is 11.3 Å². The molecule has 0 saturated heterocycles. The summed E-state index contributed by atoms with van der Waals surface area (Å²) in [4.78, 5) is 14.9. The Morgan fingerprint density at radius 3 is 2.67 bits per heavy atom. The molecule has 0 spiro atoms. The number of ether oxygens (including phenoxy) is 1. The van der Waals surface area contributed by atoms with Crippen molar-refractivity contribution in [2.24, 2.45) is 0 Å². The smallest absolute Gasteiger partial charge is 0.257 e. The largest absolute Gasteiger partial charge is 0.497 e. The normalized spacial score (nSPS) is 13.4. The van der Waals surface area contributed by atoms with Crippen LogP contribution in [0.3, 0.4) is 0 Å². The number of benzene rings is 2. The highest BCUT2D eigenvalue weighted by molar-refractivity contribution is 6.00. The topological polar surface area (TPSA) is 47.4 Å². The molecule has 0 unspecified atom stereocenters. The van der Waals surface area contributed by atoms with Crippen molar-refractivity contribution in [2.45, 2.75) is 25.4 Å². The van der Waals surface area contributed by atoms with E-state index in [2.05, 4.69) is 12.1 Å². The minimum atomic E-state index is 0.0228. The van der Waals surface area contributed by atoms with Crippen LogP contribution in [0, 0.1) is 0 Å². The van der Waals surface area contributed by atoms with Crippen LogP contribution < -0.4 is 4.74 Å². The summed E-state index contributed by atoms with van der Waals surface area (Å²) in [5, 5.41) is 4.75. The molecule has 0 N–H and O–H groups in total. The molecular weight excluding hydrogens is 338 g/mol. The van der Waals surface area contributed by atoms with E-state index in [1.54, 1.807) is 7.11 Å². The Morgan fingerprint density at radius 1 is 1.19 bits per heavy atom. The molecule has 1 amide bonds. The first kappa shape index (κ1) is 17.3. The first-order valence-corrected chi connectivity index (χ1v) is 9.18. The van der Waals surface area contributed by atoms with Gasteiger partial charge in [0.1, 0.15) is 11.4 Å². The molecule has 2 aromatic carbocycles. The SMILES string of the molecule is COc1cccc(-c2nn(Cc3ccccc3)cc2C(=O)N(C)C2CC2)c1. The highest BCUT2D eigenvalue weighted by Gasteiger charge is 2.32. The molecule has 0 atom stereocenters. The summed E-state index contributed by atoms with van der Waals surface area (Å²) in [5.74, 6) is 0.772. The fourth-order valence-corrected chi connectivity index (χ4v) is 3.23. The second-order valence-electron chi connectivity index (χ2n) is 6.95. The number of hydrogen-bond donors (Lipinski definition) is 0. The first-order chi connectivity index (χ1) is 13.2. The summed E-state index contributed by atoms with van der Waals surface area (Å²) >= 11 is 0. The van der Waals surface area contributed by atoms with Crippen molar-refractivity contribution in [2.75, 3.05) is 14.2 Å². The van der Waals surface area contributed by atoms with Gasteiger partial charge in [-0.2, -0.15) is 5.10 Å². The summed E-state index contributed by atoms with van der Waals surface area (Å²) in [7, 11) is 3.52. The summed E-state index contributed by atoms with van der Waals surface area (Å²) in [6.07, 6.45) is 4.02. The van der Waals surface area contributed by atoms with Gasteiger partial charge in [-0.3, -0.25) is 9.48 Å². The number of amides is 1. The standard InChI is InChI=1S/C22H23N3O2/c1-24(18-11-12-18)22(26)20-15-25(14-16-7-4-3-5-8-16)23-21(20)17-9-6-10-19(13-17)27-2/h3-10,13,15,18H,11-12,14H2,1-2H3. The third-order valence-electron chi connectivity index (χ3n) is 4.94. The molecule has 1 saturated carbocycles. The summed E-state index contributed by atoms with van der Waals surface area (Å²) < 4.78 is 7.19. The molecule has 5 nitrogen and oxygen atoms in total. The molecule has 1 aromatic heterocycles. The number of carbonyl (C=O) groups excluding carboxylic acids is 1. The average Bonchev–Trinajstić information content (AvgIpc) is 3.48. The number of methoxy groups -OCH3 is 1. The quantitative estimate of drug-likeness (QED) is 0.670. The van der Waals surface area contributed by atoms with Gasteiger partial charge in [0.2, 0.25) is 0 Å². The van der Waals surface area contributed by atoms with Crippen LogP contribution in [0.5, 0.6) is 5.75 Å². The fourth-order valence-electron chi connectivity index (χ4n) is 3.23. The van der Waals surface area contributed by atoms with Crippen molar-refractivity contribution in [1.29, 1.82) is 0 Å². The van der Waals surface area contributed by atoms with Crippen LogP contribution in [-0.2, 0) is 6.54 Å². The van der Waals surface area contributed by atoms with Gasteiger partial charge in [0.25, 0.3) is 5.91 Å². The highest BCUT2D eigenvalue weighted by Crippen LogP contribution is 2.31. The minimum Gasteiger partial charge on any atom is -0.497 e. The van der Waals surface area contributed by atoms with E-state index in [1.807, 2.05) is 65.3 Å². The van der Waals surface area contributed by atoms with Gasteiger partial charge < -0.3 is 9.64 Å². The van der Waals surface area contributed by atoms with Gasteiger partial charge in [0.15, 0.2) is 0 Å². The van der Waals surface area contributed by atoms with Crippen molar-refractivity contribution in [3.05, 3.63) is 71.9 Å². The van der Waals surface area contributed by atoms with Gasteiger partial charge in [-0.05, 0) is 30.5 Å². The Balaban J connectivity index is 1.73. The van der Waals surface area contributed by atoms with Crippen LogP contribution in [0.15, 0.2) is 60.8 Å². The molecule has 5 heteroatoms. The molecule has 0 aliphatic heterocycles. The molecule has 3 aromatic rings. The number of carbonyl (C=O) groups is 1. The zero-order valence-electron chi connectivity index (χ0n) is 15.6. The van der Waals surface area contributed by atoms with E-state index in [1.165, 1.54) is 0 Å². The van der Waals surface area contributed by atoms with Gasteiger partial charge in [-0.1, -0.05) is 42.5 Å². The summed E-state index contributed by atoms with van der Waals surface area (Å²) in [6, 6.07) is 18.2. The Hall–Kier alpha value is -3.08. The Kier molecular flexibility index (Phi) is 4.67. The lowest BCUT2D eigenvalue weighted by Gasteiger charge is -2.16. The molecule has 1 aliphatic rings. The van der Waals surface area contributed by atoms with Gasteiger partial charge >= 0.3 is 0 Å². The van der Waals surface area contributed by atoms with E-state index in [9.17, 15) is 4.79 Å². The monoisotopic (exact) mass is 361 g/mol. The van der Waals surface area contributed by atoms with Crippen molar-refractivity contribution >= 4 is 5.91 Å². The van der Waals surface area contributed by atoms with Crippen LogP contribution in [-0.4, -0.2) is 40.8 Å². The predicted molar refractivity (Wildman–Crippen MR) is 105 cm³/mol. The van der Waals surface area contributed by atoms with Gasteiger partial charge in [-0.15, -0.1) is 0 Å². The predicted octanol–water partition coefficient (Wildman–Crippen LogP) is 3.84. The zero-order valence-corrected chi connectivity index (χ0v) is 15.6. The van der Waals surface area contributed by atoms with Crippen LogP contribution >= 0.6 is 0 Å². The third kappa shape index (κ3) is 3.72. The second-order valence-corrected chi connectivity index (χ2v) is 6.95. The lowest BCUT2D eigenvalue weighted by atomic mass is 10.1. The summed E-state index contributed by atoms with van der Waals surface area (Å²) in [5.41, 5.74) is 3.36. The number of nitrogens with zero attached hydrogens (tertiary/aromatic N) is 3.